The topological polar surface area (TPSA) is 75.3 Å². The molecule has 0 bridgehead atoms. The van der Waals surface area contributed by atoms with Gasteiger partial charge in [0.25, 0.3) is 0 Å². The zero-order valence-corrected chi connectivity index (χ0v) is 11.8. The van der Waals surface area contributed by atoms with Crippen LogP contribution in [0.1, 0.15) is 47.5 Å². The van der Waals surface area contributed by atoms with E-state index in [9.17, 15) is 9.90 Å². The van der Waals surface area contributed by atoms with Crippen LogP contribution >= 0.6 is 0 Å². The SMILES string of the molecule is CCC(C)(CO)NC(=O)C(CN)CC(C)(C)C. The Morgan fingerprint density at radius 1 is 1.35 bits per heavy atom. The molecule has 0 aliphatic heterocycles. The highest BCUT2D eigenvalue weighted by Gasteiger charge is 2.29. The fraction of sp³-hybridized carbons (Fsp3) is 0.923. The van der Waals surface area contributed by atoms with Crippen LogP contribution in [-0.4, -0.2) is 29.7 Å². The summed E-state index contributed by atoms with van der Waals surface area (Å²) in [6.45, 7) is 10.3. The minimum atomic E-state index is -0.539. The number of carbonyl (C=O) groups is 1. The van der Waals surface area contributed by atoms with E-state index in [1.807, 2.05) is 13.8 Å². The molecule has 2 unspecified atom stereocenters. The molecule has 0 aromatic carbocycles. The molecule has 17 heavy (non-hydrogen) atoms. The van der Waals surface area contributed by atoms with Crippen molar-refractivity contribution in [1.29, 1.82) is 0 Å². The molecule has 0 saturated carbocycles. The Labute approximate surface area is 105 Å². The molecular formula is C13H28N2O2. The van der Waals surface area contributed by atoms with E-state index in [1.165, 1.54) is 0 Å². The fourth-order valence-corrected chi connectivity index (χ4v) is 1.66. The lowest BCUT2D eigenvalue weighted by atomic mass is 9.83. The Morgan fingerprint density at radius 3 is 2.18 bits per heavy atom. The Kier molecular flexibility index (Phi) is 6.13. The minimum Gasteiger partial charge on any atom is -0.394 e. The zero-order valence-electron chi connectivity index (χ0n) is 11.8. The maximum atomic E-state index is 12.1. The molecule has 0 heterocycles. The molecule has 4 N–H and O–H groups in total. The number of aliphatic hydroxyl groups is 1. The van der Waals surface area contributed by atoms with Gasteiger partial charge in [-0.25, -0.2) is 0 Å². The van der Waals surface area contributed by atoms with E-state index in [0.29, 0.717) is 13.0 Å². The quantitative estimate of drug-likeness (QED) is 0.658. The smallest absolute Gasteiger partial charge is 0.224 e. The number of hydrogen-bond donors (Lipinski definition) is 3. The van der Waals surface area contributed by atoms with Gasteiger partial charge >= 0.3 is 0 Å². The fourth-order valence-electron chi connectivity index (χ4n) is 1.66. The van der Waals surface area contributed by atoms with Crippen LogP contribution in [0.2, 0.25) is 0 Å². The average Bonchev–Trinajstić information content (AvgIpc) is 2.24. The molecule has 0 rings (SSSR count). The standard InChI is InChI=1S/C13H28N2O2/c1-6-13(5,9-16)15-11(17)10(8-14)7-12(2,3)4/h10,16H,6-9,14H2,1-5H3,(H,15,17). The summed E-state index contributed by atoms with van der Waals surface area (Å²) in [5, 5.41) is 12.2. The van der Waals surface area contributed by atoms with Crippen molar-refractivity contribution < 1.29 is 9.90 Å². The summed E-state index contributed by atoms with van der Waals surface area (Å²) in [6.07, 6.45) is 1.45. The van der Waals surface area contributed by atoms with Gasteiger partial charge in [-0.1, -0.05) is 27.7 Å². The molecule has 1 amide bonds. The molecule has 102 valence electrons. The van der Waals surface area contributed by atoms with E-state index in [4.69, 9.17) is 5.73 Å². The molecule has 0 spiro atoms. The van der Waals surface area contributed by atoms with Crippen LogP contribution in [0.3, 0.4) is 0 Å². The monoisotopic (exact) mass is 244 g/mol. The van der Waals surface area contributed by atoms with Gasteiger partial charge in [-0.15, -0.1) is 0 Å². The first-order valence-corrected chi connectivity index (χ1v) is 6.30. The van der Waals surface area contributed by atoms with Crippen molar-refractivity contribution >= 4 is 5.91 Å². The predicted octanol–water partition coefficient (Wildman–Crippen LogP) is 1.27. The highest BCUT2D eigenvalue weighted by Crippen LogP contribution is 2.24. The number of carbonyl (C=O) groups excluding carboxylic acids is 1. The average molecular weight is 244 g/mol. The third kappa shape index (κ3) is 6.03. The second-order valence-corrected chi connectivity index (χ2v) is 6.26. The van der Waals surface area contributed by atoms with Crippen molar-refractivity contribution in [2.75, 3.05) is 13.2 Å². The maximum Gasteiger partial charge on any atom is 0.224 e. The van der Waals surface area contributed by atoms with Gasteiger partial charge in [0, 0.05) is 6.54 Å². The largest absolute Gasteiger partial charge is 0.394 e. The molecule has 0 aliphatic rings. The predicted molar refractivity (Wildman–Crippen MR) is 70.5 cm³/mol. The molecule has 0 aliphatic carbocycles. The lowest BCUT2D eigenvalue weighted by Crippen LogP contribution is -2.51. The van der Waals surface area contributed by atoms with Crippen LogP contribution in [0.4, 0.5) is 0 Å². The first-order valence-electron chi connectivity index (χ1n) is 6.30. The zero-order chi connectivity index (χ0) is 13.7. The van der Waals surface area contributed by atoms with Crippen molar-refractivity contribution in [3.63, 3.8) is 0 Å². The van der Waals surface area contributed by atoms with Crippen LogP contribution in [0.15, 0.2) is 0 Å². The van der Waals surface area contributed by atoms with Gasteiger partial charge < -0.3 is 16.2 Å². The number of aliphatic hydroxyl groups excluding tert-OH is 1. The Balaban J connectivity index is 4.56. The number of rotatable bonds is 6. The molecular weight excluding hydrogens is 216 g/mol. The van der Waals surface area contributed by atoms with Gasteiger partial charge in [-0.05, 0) is 25.2 Å². The summed E-state index contributed by atoms with van der Waals surface area (Å²) in [4.78, 5) is 12.1. The van der Waals surface area contributed by atoms with E-state index in [1.54, 1.807) is 0 Å². The summed E-state index contributed by atoms with van der Waals surface area (Å²) in [7, 11) is 0. The van der Waals surface area contributed by atoms with Crippen LogP contribution in [-0.2, 0) is 4.79 Å². The van der Waals surface area contributed by atoms with Crippen molar-refractivity contribution in [3.8, 4) is 0 Å². The van der Waals surface area contributed by atoms with Crippen molar-refractivity contribution in [2.45, 2.75) is 53.0 Å². The molecule has 0 saturated heterocycles. The first-order chi connectivity index (χ1) is 7.67. The summed E-state index contributed by atoms with van der Waals surface area (Å²) in [5.41, 5.74) is 5.19. The van der Waals surface area contributed by atoms with Crippen LogP contribution in [0, 0.1) is 11.3 Å². The summed E-state index contributed by atoms with van der Waals surface area (Å²) < 4.78 is 0. The lowest BCUT2D eigenvalue weighted by Gasteiger charge is -2.31. The van der Waals surface area contributed by atoms with E-state index < -0.39 is 5.54 Å². The van der Waals surface area contributed by atoms with Crippen molar-refractivity contribution in [2.24, 2.45) is 17.1 Å². The third-order valence-electron chi connectivity index (χ3n) is 3.07. The molecule has 0 aromatic heterocycles. The van der Waals surface area contributed by atoms with E-state index >= 15 is 0 Å². The summed E-state index contributed by atoms with van der Waals surface area (Å²) >= 11 is 0. The number of nitrogens with two attached hydrogens (primary N) is 1. The number of nitrogens with one attached hydrogen (secondary N) is 1. The minimum absolute atomic E-state index is 0.0535. The summed E-state index contributed by atoms with van der Waals surface area (Å²) in [6, 6.07) is 0. The highest BCUT2D eigenvalue weighted by atomic mass is 16.3. The third-order valence-corrected chi connectivity index (χ3v) is 3.07. The molecule has 0 aromatic rings. The van der Waals surface area contributed by atoms with Gasteiger partial charge in [0.15, 0.2) is 0 Å². The second kappa shape index (κ2) is 6.36. The molecule has 4 heteroatoms. The molecule has 0 fully saturated rings. The first kappa shape index (κ1) is 16.4. The maximum absolute atomic E-state index is 12.1. The second-order valence-electron chi connectivity index (χ2n) is 6.26. The van der Waals surface area contributed by atoms with E-state index in [2.05, 4.69) is 26.1 Å². The molecule has 2 atom stereocenters. The number of amides is 1. The van der Waals surface area contributed by atoms with Crippen LogP contribution in [0.5, 0.6) is 0 Å². The Morgan fingerprint density at radius 2 is 1.88 bits per heavy atom. The molecule has 4 nitrogen and oxygen atoms in total. The Hall–Kier alpha value is -0.610. The summed E-state index contributed by atoms with van der Waals surface area (Å²) in [5.74, 6) is -0.242. The van der Waals surface area contributed by atoms with Gasteiger partial charge in [0.1, 0.15) is 0 Å². The number of hydrogen-bond acceptors (Lipinski definition) is 3. The Bertz CT molecular complexity index is 242. The van der Waals surface area contributed by atoms with Gasteiger partial charge in [0.05, 0.1) is 18.1 Å². The van der Waals surface area contributed by atoms with Gasteiger partial charge in [-0.2, -0.15) is 0 Å². The lowest BCUT2D eigenvalue weighted by molar-refractivity contribution is -0.128. The van der Waals surface area contributed by atoms with Gasteiger partial charge in [-0.3, -0.25) is 4.79 Å². The van der Waals surface area contributed by atoms with E-state index in [0.717, 1.165) is 6.42 Å². The van der Waals surface area contributed by atoms with Gasteiger partial charge in [0.2, 0.25) is 5.91 Å². The normalized spacial score (nSPS) is 17.4. The molecule has 0 radical (unpaired) electrons. The van der Waals surface area contributed by atoms with Crippen LogP contribution < -0.4 is 11.1 Å². The van der Waals surface area contributed by atoms with Crippen molar-refractivity contribution in [1.82, 2.24) is 5.32 Å². The van der Waals surface area contributed by atoms with Crippen LogP contribution in [0.25, 0.3) is 0 Å². The van der Waals surface area contributed by atoms with Crippen molar-refractivity contribution in [3.05, 3.63) is 0 Å². The van der Waals surface area contributed by atoms with E-state index in [-0.39, 0.29) is 23.8 Å². The highest BCUT2D eigenvalue weighted by molar-refractivity contribution is 5.79.